The summed E-state index contributed by atoms with van der Waals surface area (Å²) in [6.07, 6.45) is 0. The van der Waals surface area contributed by atoms with E-state index in [2.05, 4.69) is 4.52 Å². The summed E-state index contributed by atoms with van der Waals surface area (Å²) < 4.78 is 20.1. The van der Waals surface area contributed by atoms with Crippen LogP contribution in [0.5, 0.6) is 5.75 Å². The lowest BCUT2D eigenvalue weighted by molar-refractivity contribution is 0.0756. The third-order valence-corrected chi connectivity index (χ3v) is 2.59. The van der Waals surface area contributed by atoms with Crippen molar-refractivity contribution >= 4 is 37.2 Å². The highest BCUT2D eigenvalue weighted by Crippen LogP contribution is 2.22. The minimum absolute atomic E-state index is 0.346. The van der Waals surface area contributed by atoms with Gasteiger partial charge < -0.3 is 9.26 Å². The van der Waals surface area contributed by atoms with Crippen molar-refractivity contribution in [1.29, 1.82) is 0 Å². The molecule has 0 saturated heterocycles. The lowest BCUT2D eigenvalue weighted by atomic mass is 10.2. The fourth-order valence-electron chi connectivity index (χ4n) is 0.880. The third kappa shape index (κ3) is 2.65. The van der Waals surface area contributed by atoms with Crippen LogP contribution in [-0.4, -0.2) is 13.1 Å². The zero-order chi connectivity index (χ0) is 10.6. The zero-order valence-electron chi connectivity index (χ0n) is 7.19. The lowest BCUT2D eigenvalue weighted by Crippen LogP contribution is -1.99. The van der Waals surface area contributed by atoms with Crippen LogP contribution in [0.1, 0.15) is 10.4 Å². The molecule has 0 aliphatic carbocycles. The number of benzene rings is 1. The molecule has 0 amide bonds. The van der Waals surface area contributed by atoms with Crippen LogP contribution in [0.25, 0.3) is 0 Å². The normalized spacial score (nSPS) is 9.86. The molecule has 0 spiro atoms. The molecule has 0 aliphatic heterocycles. The number of carbonyl (C=O) groups excluding carboxylic acids is 1. The van der Waals surface area contributed by atoms with Gasteiger partial charge in [0.2, 0.25) is 0 Å². The topological polar surface area (TPSA) is 52.6 Å². The smallest absolute Gasteiger partial charge is 0.398 e. The Bertz CT molecular complexity index is 366. The highest BCUT2D eigenvalue weighted by Gasteiger charge is 2.09. The summed E-state index contributed by atoms with van der Waals surface area (Å²) in [5.41, 5.74) is 0.346. The molecule has 0 fully saturated rings. The van der Waals surface area contributed by atoms with Crippen LogP contribution in [-0.2, 0) is 9.09 Å². The van der Waals surface area contributed by atoms with Gasteiger partial charge in [0, 0.05) is 0 Å². The van der Waals surface area contributed by atoms with E-state index in [0.717, 1.165) is 3.57 Å². The largest absolute Gasteiger partial charge is 0.496 e. The molecular weight excluding hydrogens is 318 g/mol. The highest BCUT2D eigenvalue weighted by atomic mass is 127. The van der Waals surface area contributed by atoms with Crippen molar-refractivity contribution < 1.29 is 18.6 Å². The molecule has 1 aromatic carbocycles. The summed E-state index contributed by atoms with van der Waals surface area (Å²) in [5, 5.41) is 0. The first-order chi connectivity index (χ1) is 6.69. The highest BCUT2D eigenvalue weighted by molar-refractivity contribution is 14.1. The molecule has 0 unspecified atom stereocenters. The summed E-state index contributed by atoms with van der Waals surface area (Å²) in [5.74, 6) is 0.0593. The summed E-state index contributed by atoms with van der Waals surface area (Å²) in [4.78, 5) is 11.1. The maximum Gasteiger partial charge on any atom is 0.398 e. The van der Waals surface area contributed by atoms with E-state index < -0.39 is 14.7 Å². The zero-order valence-corrected chi connectivity index (χ0v) is 10.2. The number of ether oxygens (including phenoxy) is 1. The SMILES string of the molecule is COc1ccc(C(=O)OP=O)cc1I. The Hall–Kier alpha value is -0.680. The maximum atomic E-state index is 11.1. The fraction of sp³-hybridized carbons (Fsp3) is 0.125. The van der Waals surface area contributed by atoms with Gasteiger partial charge in [-0.05, 0) is 40.8 Å². The van der Waals surface area contributed by atoms with Gasteiger partial charge >= 0.3 is 14.7 Å². The first-order valence-electron chi connectivity index (χ1n) is 3.56. The van der Waals surface area contributed by atoms with Gasteiger partial charge in [-0.25, -0.2) is 9.36 Å². The second-order valence-corrected chi connectivity index (χ2v) is 3.80. The Labute approximate surface area is 96.0 Å². The Kier molecular flexibility index (Phi) is 4.28. The summed E-state index contributed by atoms with van der Waals surface area (Å²) >= 11 is 2.03. The van der Waals surface area contributed by atoms with Crippen LogP contribution >= 0.6 is 31.3 Å². The van der Waals surface area contributed by atoms with Crippen molar-refractivity contribution in [2.75, 3.05) is 7.11 Å². The predicted octanol–water partition coefficient (Wildman–Crippen LogP) is 2.66. The molecule has 0 aromatic heterocycles. The lowest BCUT2D eigenvalue weighted by Gasteiger charge is -2.03. The van der Waals surface area contributed by atoms with Gasteiger partial charge in [-0.1, -0.05) is 0 Å². The Balaban J connectivity index is 2.96. The van der Waals surface area contributed by atoms with Crippen molar-refractivity contribution in [3.63, 3.8) is 0 Å². The Morgan fingerprint density at radius 1 is 1.50 bits per heavy atom. The average Bonchev–Trinajstić information content (AvgIpc) is 2.18. The molecule has 14 heavy (non-hydrogen) atoms. The van der Waals surface area contributed by atoms with Crippen LogP contribution in [0.4, 0.5) is 0 Å². The molecule has 1 rings (SSSR count). The second kappa shape index (κ2) is 5.26. The average molecular weight is 324 g/mol. The molecule has 0 atom stereocenters. The van der Waals surface area contributed by atoms with Gasteiger partial charge in [-0.3, -0.25) is 0 Å². The van der Waals surface area contributed by atoms with E-state index in [4.69, 9.17) is 4.74 Å². The van der Waals surface area contributed by atoms with Crippen molar-refractivity contribution in [3.8, 4) is 5.75 Å². The third-order valence-electron chi connectivity index (χ3n) is 1.51. The van der Waals surface area contributed by atoms with Crippen molar-refractivity contribution in [2.45, 2.75) is 0 Å². The number of halogens is 1. The summed E-state index contributed by atoms with van der Waals surface area (Å²) in [7, 11) is 0.903. The molecule has 4 nitrogen and oxygen atoms in total. The molecule has 0 radical (unpaired) electrons. The predicted molar refractivity (Wildman–Crippen MR) is 58.7 cm³/mol. The maximum absolute atomic E-state index is 11.1. The van der Waals surface area contributed by atoms with Gasteiger partial charge in [0.15, 0.2) is 0 Å². The Morgan fingerprint density at radius 2 is 2.21 bits per heavy atom. The molecule has 0 N–H and O–H groups in total. The summed E-state index contributed by atoms with van der Waals surface area (Å²) in [6.45, 7) is 0. The number of methoxy groups -OCH3 is 1. The fourth-order valence-corrected chi connectivity index (χ4v) is 1.79. The van der Waals surface area contributed by atoms with Gasteiger partial charge in [-0.2, -0.15) is 0 Å². The second-order valence-electron chi connectivity index (χ2n) is 2.30. The minimum atomic E-state index is -0.644. The van der Waals surface area contributed by atoms with Crippen LogP contribution in [0.3, 0.4) is 0 Å². The quantitative estimate of drug-likeness (QED) is 0.634. The van der Waals surface area contributed by atoms with E-state index in [1.54, 1.807) is 25.3 Å². The van der Waals surface area contributed by atoms with Crippen LogP contribution in [0.2, 0.25) is 0 Å². The van der Waals surface area contributed by atoms with E-state index in [0.29, 0.717) is 11.3 Å². The van der Waals surface area contributed by atoms with Crippen molar-refractivity contribution in [1.82, 2.24) is 0 Å². The molecule has 0 heterocycles. The van der Waals surface area contributed by atoms with E-state index in [1.165, 1.54) is 0 Å². The molecule has 6 heteroatoms. The standard InChI is InChI=1S/C8H6IO4P/c1-12-7-3-2-5(4-6(7)9)8(10)13-14-11/h2-4H,1H3. The molecule has 0 saturated carbocycles. The first kappa shape index (κ1) is 11.4. The number of hydrogen-bond donors (Lipinski definition) is 0. The van der Waals surface area contributed by atoms with E-state index in [9.17, 15) is 9.36 Å². The minimum Gasteiger partial charge on any atom is -0.496 e. The molecule has 0 aliphatic rings. The van der Waals surface area contributed by atoms with Crippen LogP contribution in [0, 0.1) is 3.57 Å². The Morgan fingerprint density at radius 3 is 2.71 bits per heavy atom. The van der Waals surface area contributed by atoms with Crippen molar-refractivity contribution in [3.05, 3.63) is 27.3 Å². The number of rotatable bonds is 3. The first-order valence-corrected chi connectivity index (χ1v) is 5.37. The van der Waals surface area contributed by atoms with Crippen LogP contribution < -0.4 is 4.74 Å². The monoisotopic (exact) mass is 324 g/mol. The molecule has 0 bridgehead atoms. The van der Waals surface area contributed by atoms with E-state index >= 15 is 0 Å². The van der Waals surface area contributed by atoms with Gasteiger partial charge in [0.25, 0.3) is 0 Å². The van der Waals surface area contributed by atoms with Gasteiger partial charge in [0.1, 0.15) is 5.75 Å². The number of carbonyl (C=O) groups is 1. The van der Waals surface area contributed by atoms with Crippen LogP contribution in [0.15, 0.2) is 18.2 Å². The van der Waals surface area contributed by atoms with Gasteiger partial charge in [0.05, 0.1) is 16.2 Å². The number of hydrogen-bond acceptors (Lipinski definition) is 4. The molecular formula is C8H6IO4P. The summed E-state index contributed by atoms with van der Waals surface area (Å²) in [6, 6.07) is 4.81. The van der Waals surface area contributed by atoms with Crippen molar-refractivity contribution in [2.24, 2.45) is 0 Å². The van der Waals surface area contributed by atoms with E-state index in [-0.39, 0.29) is 0 Å². The van der Waals surface area contributed by atoms with E-state index in [1.807, 2.05) is 22.6 Å². The molecule has 1 aromatic rings. The van der Waals surface area contributed by atoms with Gasteiger partial charge in [-0.15, -0.1) is 0 Å². The molecule has 74 valence electrons.